The number of halogens is 1. The van der Waals surface area contributed by atoms with Gasteiger partial charge in [-0.05, 0) is 53.9 Å². The number of hydrogen-bond acceptors (Lipinski definition) is 4. The highest BCUT2D eigenvalue weighted by Gasteiger charge is 2.54. The Bertz CT molecular complexity index is 582. The van der Waals surface area contributed by atoms with Crippen molar-refractivity contribution in [2.24, 2.45) is 0 Å². The SMILES string of the molecule is CC(C)(C)OC(=O)NCC#C[C@@H]1OC(C)(C)O[C@@]12CCCC=C2Br. The van der Waals surface area contributed by atoms with Crippen LogP contribution in [0.2, 0.25) is 0 Å². The van der Waals surface area contributed by atoms with Gasteiger partial charge in [0, 0.05) is 4.48 Å². The van der Waals surface area contributed by atoms with Gasteiger partial charge in [0.25, 0.3) is 0 Å². The van der Waals surface area contributed by atoms with Gasteiger partial charge in [0.1, 0.15) is 11.2 Å². The van der Waals surface area contributed by atoms with Crippen molar-refractivity contribution in [1.29, 1.82) is 0 Å². The zero-order chi connectivity index (χ0) is 18.0. The molecule has 1 saturated heterocycles. The molecule has 0 aromatic rings. The van der Waals surface area contributed by atoms with Crippen molar-refractivity contribution < 1.29 is 19.0 Å². The van der Waals surface area contributed by atoms with E-state index in [4.69, 9.17) is 14.2 Å². The first-order valence-corrected chi connectivity index (χ1v) is 9.03. The molecule has 6 heteroatoms. The Morgan fingerprint density at radius 2 is 2.21 bits per heavy atom. The van der Waals surface area contributed by atoms with Crippen LogP contribution in [0.15, 0.2) is 10.6 Å². The van der Waals surface area contributed by atoms with Gasteiger partial charge in [-0.3, -0.25) is 0 Å². The standard InChI is InChI=1S/C18H26BrNO4/c1-16(2,3)23-15(21)20-12-8-10-14-18(24-17(4,5)22-14)11-7-6-9-13(18)19/h9,14H,6-7,11-12H2,1-5H3,(H,20,21)/t14-,18+/m0/s1. The minimum absolute atomic E-state index is 0.201. The van der Waals surface area contributed by atoms with E-state index in [9.17, 15) is 4.79 Å². The minimum Gasteiger partial charge on any atom is -0.444 e. The van der Waals surface area contributed by atoms with Crippen molar-refractivity contribution in [3.63, 3.8) is 0 Å². The van der Waals surface area contributed by atoms with E-state index in [0.29, 0.717) is 0 Å². The molecule has 5 nitrogen and oxygen atoms in total. The van der Waals surface area contributed by atoms with Gasteiger partial charge in [0.15, 0.2) is 11.9 Å². The largest absolute Gasteiger partial charge is 0.444 e. The molecule has 1 fully saturated rings. The molecule has 1 aliphatic carbocycles. The number of alkyl carbamates (subject to hydrolysis) is 1. The van der Waals surface area contributed by atoms with Crippen molar-refractivity contribution in [2.45, 2.75) is 77.0 Å². The van der Waals surface area contributed by atoms with Crippen molar-refractivity contribution in [1.82, 2.24) is 5.32 Å². The van der Waals surface area contributed by atoms with Crippen LogP contribution in [0.1, 0.15) is 53.9 Å². The number of carbonyl (C=O) groups is 1. The highest BCUT2D eigenvalue weighted by molar-refractivity contribution is 9.11. The Morgan fingerprint density at radius 3 is 2.83 bits per heavy atom. The fourth-order valence-corrected chi connectivity index (χ4v) is 3.57. The summed E-state index contributed by atoms with van der Waals surface area (Å²) in [5.41, 5.74) is -1.08. The Balaban J connectivity index is 2.02. The summed E-state index contributed by atoms with van der Waals surface area (Å²) in [6.07, 6.45) is 4.18. The van der Waals surface area contributed by atoms with Crippen molar-refractivity contribution in [3.05, 3.63) is 10.6 Å². The topological polar surface area (TPSA) is 56.8 Å². The van der Waals surface area contributed by atoms with Crippen LogP contribution < -0.4 is 5.32 Å². The van der Waals surface area contributed by atoms with Crippen LogP contribution in [0.5, 0.6) is 0 Å². The molecule has 24 heavy (non-hydrogen) atoms. The normalized spacial score (nSPS) is 28.8. The molecule has 134 valence electrons. The maximum Gasteiger partial charge on any atom is 0.408 e. The van der Waals surface area contributed by atoms with Crippen molar-refractivity contribution in [2.75, 3.05) is 6.54 Å². The van der Waals surface area contributed by atoms with Crippen LogP contribution in [-0.2, 0) is 14.2 Å². The van der Waals surface area contributed by atoms with E-state index in [-0.39, 0.29) is 12.6 Å². The summed E-state index contributed by atoms with van der Waals surface area (Å²) in [6, 6.07) is 0. The zero-order valence-corrected chi connectivity index (χ0v) is 16.6. The summed E-state index contributed by atoms with van der Waals surface area (Å²) >= 11 is 3.63. The summed E-state index contributed by atoms with van der Waals surface area (Å²) in [5.74, 6) is 5.37. The summed E-state index contributed by atoms with van der Waals surface area (Å²) in [6.45, 7) is 9.45. The number of carbonyl (C=O) groups excluding carboxylic acids is 1. The van der Waals surface area contributed by atoms with Gasteiger partial charge in [-0.2, -0.15) is 0 Å². The smallest absolute Gasteiger partial charge is 0.408 e. The second-order valence-electron chi connectivity index (χ2n) is 7.51. The molecule has 1 N–H and O–H groups in total. The van der Waals surface area contributed by atoms with Gasteiger partial charge in [-0.1, -0.05) is 33.8 Å². The molecule has 0 bridgehead atoms. The van der Waals surface area contributed by atoms with E-state index in [1.807, 2.05) is 34.6 Å². The first kappa shape index (κ1) is 19.3. The molecule has 0 aromatic carbocycles. The van der Waals surface area contributed by atoms with E-state index in [0.717, 1.165) is 23.7 Å². The van der Waals surface area contributed by atoms with E-state index in [1.54, 1.807) is 0 Å². The fourth-order valence-electron chi connectivity index (χ4n) is 2.86. The Labute approximate surface area is 152 Å². The Morgan fingerprint density at radius 1 is 1.50 bits per heavy atom. The molecule has 0 aromatic heterocycles. The molecule has 2 rings (SSSR count). The highest BCUT2D eigenvalue weighted by atomic mass is 79.9. The Kier molecular flexibility index (Phi) is 5.68. The minimum atomic E-state index is -0.692. The highest BCUT2D eigenvalue weighted by Crippen LogP contribution is 2.48. The van der Waals surface area contributed by atoms with Gasteiger partial charge in [0.05, 0.1) is 6.54 Å². The number of amides is 1. The zero-order valence-electron chi connectivity index (χ0n) is 15.0. The quantitative estimate of drug-likeness (QED) is 0.679. The molecule has 0 saturated carbocycles. The number of rotatable bonds is 1. The van der Waals surface area contributed by atoms with Crippen LogP contribution in [0, 0.1) is 11.8 Å². The van der Waals surface area contributed by atoms with Gasteiger partial charge in [0.2, 0.25) is 0 Å². The molecule has 1 heterocycles. The lowest BCUT2D eigenvalue weighted by Gasteiger charge is -2.33. The molecule has 1 spiro atoms. The van der Waals surface area contributed by atoms with E-state index < -0.39 is 23.1 Å². The first-order chi connectivity index (χ1) is 11.0. The maximum atomic E-state index is 11.6. The molecule has 1 amide bonds. The van der Waals surface area contributed by atoms with Crippen LogP contribution >= 0.6 is 15.9 Å². The first-order valence-electron chi connectivity index (χ1n) is 8.23. The lowest BCUT2D eigenvalue weighted by Crippen LogP contribution is -2.41. The van der Waals surface area contributed by atoms with Gasteiger partial charge >= 0.3 is 6.09 Å². The molecule has 2 aliphatic rings. The molecule has 2 atom stereocenters. The maximum absolute atomic E-state index is 11.6. The van der Waals surface area contributed by atoms with E-state index >= 15 is 0 Å². The van der Waals surface area contributed by atoms with Gasteiger partial charge < -0.3 is 19.5 Å². The molecule has 0 unspecified atom stereocenters. The summed E-state index contributed by atoms with van der Waals surface area (Å²) < 4.78 is 18.4. The van der Waals surface area contributed by atoms with Crippen LogP contribution in [0.4, 0.5) is 4.79 Å². The average molecular weight is 400 g/mol. The van der Waals surface area contributed by atoms with E-state index in [2.05, 4.69) is 39.2 Å². The predicted molar refractivity (Wildman–Crippen MR) is 95.6 cm³/mol. The summed E-state index contributed by atoms with van der Waals surface area (Å²) in [5, 5.41) is 2.63. The number of ether oxygens (including phenoxy) is 3. The average Bonchev–Trinajstić information content (AvgIpc) is 2.68. The second-order valence-corrected chi connectivity index (χ2v) is 8.36. The van der Waals surface area contributed by atoms with Gasteiger partial charge in [-0.15, -0.1) is 0 Å². The van der Waals surface area contributed by atoms with Crippen LogP contribution in [0.3, 0.4) is 0 Å². The van der Waals surface area contributed by atoms with Crippen molar-refractivity contribution >= 4 is 22.0 Å². The second kappa shape index (κ2) is 7.07. The molecule has 0 radical (unpaired) electrons. The number of allylic oxidation sites excluding steroid dienone is 1. The van der Waals surface area contributed by atoms with E-state index in [1.165, 1.54) is 0 Å². The molecule has 1 aliphatic heterocycles. The van der Waals surface area contributed by atoms with Crippen LogP contribution in [-0.4, -0.2) is 35.7 Å². The molecular weight excluding hydrogens is 374 g/mol. The fraction of sp³-hybridized carbons (Fsp3) is 0.722. The number of nitrogens with one attached hydrogen (secondary N) is 1. The monoisotopic (exact) mass is 399 g/mol. The lowest BCUT2D eigenvalue weighted by atomic mass is 9.86. The van der Waals surface area contributed by atoms with Gasteiger partial charge in [-0.25, -0.2) is 4.79 Å². The predicted octanol–water partition coefficient (Wildman–Crippen LogP) is 3.87. The summed E-state index contributed by atoms with van der Waals surface area (Å²) in [4.78, 5) is 11.6. The number of hydrogen-bond donors (Lipinski definition) is 1. The van der Waals surface area contributed by atoms with Crippen molar-refractivity contribution in [3.8, 4) is 11.8 Å². The lowest BCUT2D eigenvalue weighted by molar-refractivity contribution is -0.155. The molecular formula is C18H26BrNO4. The Hall–Kier alpha value is -1.03. The third-order valence-corrected chi connectivity index (χ3v) is 4.68. The van der Waals surface area contributed by atoms with Crippen LogP contribution in [0.25, 0.3) is 0 Å². The third-order valence-electron chi connectivity index (χ3n) is 3.69. The summed E-state index contributed by atoms with van der Waals surface area (Å²) in [7, 11) is 0. The third kappa shape index (κ3) is 4.75.